The van der Waals surface area contributed by atoms with E-state index in [9.17, 15) is 0 Å². The summed E-state index contributed by atoms with van der Waals surface area (Å²) < 4.78 is 5.92. The fraction of sp³-hybridized carbons (Fsp3) is 0.471. The number of para-hydroxylation sites is 1. The molecule has 2 aromatic rings. The minimum Gasteiger partial charge on any atom is -0.492 e. The van der Waals surface area contributed by atoms with Crippen LogP contribution in [-0.2, 0) is 6.54 Å². The second-order valence-corrected chi connectivity index (χ2v) is 6.19. The molecule has 1 aromatic carbocycles. The van der Waals surface area contributed by atoms with E-state index < -0.39 is 0 Å². The highest BCUT2D eigenvalue weighted by atomic mass is 16.5. The first-order chi connectivity index (χ1) is 11.6. The largest absolute Gasteiger partial charge is 0.492 e. The summed E-state index contributed by atoms with van der Waals surface area (Å²) in [5, 5.41) is 0. The Morgan fingerprint density at radius 1 is 1.21 bits per heavy atom. The van der Waals surface area contributed by atoms with Gasteiger partial charge in [-0.25, -0.2) is 0 Å². The second kappa shape index (κ2) is 7.44. The van der Waals surface area contributed by atoms with Crippen LogP contribution in [0.25, 0.3) is 0 Å². The van der Waals surface area contributed by atoms with E-state index in [2.05, 4.69) is 19.9 Å². The Morgan fingerprint density at radius 3 is 2.75 bits per heavy atom. The van der Waals surface area contributed by atoms with Crippen molar-refractivity contribution < 1.29 is 4.74 Å². The lowest BCUT2D eigenvalue weighted by molar-refractivity contribution is 0.164. The minimum absolute atomic E-state index is 0.264. The number of aromatic nitrogens is 3. The molecule has 1 atom stereocenters. The lowest BCUT2D eigenvalue weighted by Crippen LogP contribution is -2.34. The molecule has 7 nitrogen and oxygen atoms in total. The summed E-state index contributed by atoms with van der Waals surface area (Å²) in [6, 6.07) is 10.3. The van der Waals surface area contributed by atoms with Crippen molar-refractivity contribution in [2.75, 3.05) is 37.9 Å². The van der Waals surface area contributed by atoms with Gasteiger partial charge in [-0.15, -0.1) is 0 Å². The van der Waals surface area contributed by atoms with Crippen LogP contribution in [0.15, 0.2) is 30.3 Å². The summed E-state index contributed by atoms with van der Waals surface area (Å²) in [5.74, 6) is 2.47. The van der Waals surface area contributed by atoms with Crippen LogP contribution in [0.1, 0.15) is 18.7 Å². The Hall–Kier alpha value is -2.41. The normalized spacial score (nSPS) is 17.8. The maximum atomic E-state index is 5.92. The van der Waals surface area contributed by atoms with E-state index in [1.165, 1.54) is 0 Å². The van der Waals surface area contributed by atoms with Gasteiger partial charge >= 0.3 is 0 Å². The van der Waals surface area contributed by atoms with Gasteiger partial charge in [-0.3, -0.25) is 4.90 Å². The molecule has 1 fully saturated rings. The first-order valence-corrected chi connectivity index (χ1v) is 8.21. The van der Waals surface area contributed by atoms with Gasteiger partial charge in [0.2, 0.25) is 11.9 Å². The first kappa shape index (κ1) is 16.4. The zero-order valence-electron chi connectivity index (χ0n) is 14.2. The molecule has 0 amide bonds. The van der Waals surface area contributed by atoms with E-state index in [1.807, 2.05) is 49.3 Å². The smallest absolute Gasteiger partial charge is 0.229 e. The van der Waals surface area contributed by atoms with Gasteiger partial charge in [-0.1, -0.05) is 18.2 Å². The van der Waals surface area contributed by atoms with E-state index in [0.717, 1.165) is 25.1 Å². The Morgan fingerprint density at radius 2 is 2.00 bits per heavy atom. The van der Waals surface area contributed by atoms with Crippen molar-refractivity contribution in [2.45, 2.75) is 25.4 Å². The van der Waals surface area contributed by atoms with Gasteiger partial charge in [0.15, 0.2) is 0 Å². The third-order valence-corrected chi connectivity index (χ3v) is 4.12. The molecule has 1 aliphatic heterocycles. The second-order valence-electron chi connectivity index (χ2n) is 6.19. The molecule has 0 spiro atoms. The van der Waals surface area contributed by atoms with Crippen molar-refractivity contribution in [3.63, 3.8) is 0 Å². The Kier molecular flexibility index (Phi) is 5.10. The van der Waals surface area contributed by atoms with Crippen LogP contribution in [0.4, 0.5) is 11.9 Å². The van der Waals surface area contributed by atoms with Gasteiger partial charge in [0.1, 0.15) is 18.2 Å². The van der Waals surface area contributed by atoms with Gasteiger partial charge in [0.25, 0.3) is 0 Å². The highest BCUT2D eigenvalue weighted by molar-refractivity contribution is 5.32. The van der Waals surface area contributed by atoms with Gasteiger partial charge in [0, 0.05) is 20.1 Å². The number of nitrogens with zero attached hydrogens (tertiary/aromatic N) is 5. The van der Waals surface area contributed by atoms with Crippen LogP contribution in [0.5, 0.6) is 5.75 Å². The van der Waals surface area contributed by atoms with Crippen LogP contribution in [-0.4, -0.2) is 53.1 Å². The summed E-state index contributed by atoms with van der Waals surface area (Å²) in [7, 11) is 3.79. The third kappa shape index (κ3) is 4.11. The van der Waals surface area contributed by atoms with Crippen molar-refractivity contribution in [3.05, 3.63) is 36.2 Å². The molecular weight excluding hydrogens is 304 g/mol. The molecular formula is C17H24N6O. The number of ether oxygens (including phenoxy) is 1. The lowest BCUT2D eigenvalue weighted by Gasteiger charge is -2.24. The number of benzene rings is 1. The van der Waals surface area contributed by atoms with Crippen LogP contribution in [0.2, 0.25) is 0 Å². The van der Waals surface area contributed by atoms with Gasteiger partial charge < -0.3 is 15.4 Å². The Balaban J connectivity index is 1.63. The van der Waals surface area contributed by atoms with Gasteiger partial charge in [0.05, 0.1) is 6.54 Å². The maximum Gasteiger partial charge on any atom is 0.229 e. The van der Waals surface area contributed by atoms with Crippen LogP contribution >= 0.6 is 0 Å². The van der Waals surface area contributed by atoms with E-state index >= 15 is 0 Å². The molecule has 0 bridgehead atoms. The summed E-state index contributed by atoms with van der Waals surface area (Å²) in [4.78, 5) is 17.1. The molecule has 2 heterocycles. The van der Waals surface area contributed by atoms with Crippen LogP contribution < -0.4 is 15.4 Å². The number of anilines is 2. The summed E-state index contributed by atoms with van der Waals surface area (Å²) in [5.41, 5.74) is 5.81. The number of hydrogen-bond donors (Lipinski definition) is 1. The molecule has 128 valence electrons. The molecule has 3 rings (SSSR count). The number of nitrogens with two attached hydrogens (primary N) is 1. The van der Waals surface area contributed by atoms with Gasteiger partial charge in [-0.05, 0) is 31.5 Å². The predicted molar refractivity (Wildman–Crippen MR) is 93.9 cm³/mol. The van der Waals surface area contributed by atoms with Gasteiger partial charge in [-0.2, -0.15) is 15.0 Å². The SMILES string of the molecule is CN(C)c1nc(N)nc(CN2CCCC2COc2ccccc2)n1. The van der Waals surface area contributed by atoms with Crippen LogP contribution in [0, 0.1) is 0 Å². The minimum atomic E-state index is 0.264. The zero-order chi connectivity index (χ0) is 16.9. The van der Waals surface area contributed by atoms with E-state index in [-0.39, 0.29) is 5.95 Å². The molecule has 0 saturated carbocycles. The molecule has 0 radical (unpaired) electrons. The van der Waals surface area contributed by atoms with E-state index in [1.54, 1.807) is 0 Å². The molecule has 7 heteroatoms. The van der Waals surface area contributed by atoms with Crippen molar-refractivity contribution in [3.8, 4) is 5.75 Å². The molecule has 1 unspecified atom stereocenters. The fourth-order valence-corrected chi connectivity index (χ4v) is 2.88. The zero-order valence-corrected chi connectivity index (χ0v) is 14.2. The summed E-state index contributed by atoms with van der Waals surface area (Å²) in [6.07, 6.45) is 2.28. The summed E-state index contributed by atoms with van der Waals surface area (Å²) in [6.45, 7) is 2.35. The van der Waals surface area contributed by atoms with E-state index in [0.29, 0.717) is 31.0 Å². The third-order valence-electron chi connectivity index (χ3n) is 4.12. The average molecular weight is 328 g/mol. The Labute approximate surface area is 142 Å². The van der Waals surface area contributed by atoms with E-state index in [4.69, 9.17) is 10.5 Å². The first-order valence-electron chi connectivity index (χ1n) is 8.21. The average Bonchev–Trinajstić information content (AvgIpc) is 3.00. The highest BCUT2D eigenvalue weighted by Gasteiger charge is 2.26. The number of nitrogen functional groups attached to an aromatic ring is 1. The number of likely N-dealkylation sites (tertiary alicyclic amines) is 1. The van der Waals surface area contributed by atoms with Crippen molar-refractivity contribution in [2.24, 2.45) is 0 Å². The monoisotopic (exact) mass is 328 g/mol. The lowest BCUT2D eigenvalue weighted by atomic mass is 10.2. The fourth-order valence-electron chi connectivity index (χ4n) is 2.88. The van der Waals surface area contributed by atoms with Crippen molar-refractivity contribution in [1.29, 1.82) is 0 Å². The molecule has 1 aliphatic rings. The standard InChI is InChI=1S/C17H24N6O/c1-22(2)17-20-15(19-16(18)21-17)11-23-10-6-7-13(23)12-24-14-8-4-3-5-9-14/h3-5,8-9,13H,6-7,10-12H2,1-2H3,(H2,18,19,20,21). The topological polar surface area (TPSA) is 80.4 Å². The summed E-state index contributed by atoms with van der Waals surface area (Å²) >= 11 is 0. The van der Waals surface area contributed by atoms with Crippen molar-refractivity contribution in [1.82, 2.24) is 19.9 Å². The maximum absolute atomic E-state index is 5.92. The van der Waals surface area contributed by atoms with Crippen LogP contribution in [0.3, 0.4) is 0 Å². The predicted octanol–water partition coefficient (Wildman–Crippen LogP) is 1.56. The molecule has 1 aromatic heterocycles. The highest BCUT2D eigenvalue weighted by Crippen LogP contribution is 2.21. The molecule has 2 N–H and O–H groups in total. The Bertz CT molecular complexity index is 663. The molecule has 0 aliphatic carbocycles. The molecule has 1 saturated heterocycles. The molecule has 24 heavy (non-hydrogen) atoms. The number of hydrogen-bond acceptors (Lipinski definition) is 7. The van der Waals surface area contributed by atoms with Crippen molar-refractivity contribution >= 4 is 11.9 Å². The quantitative estimate of drug-likeness (QED) is 0.862. The number of rotatable bonds is 6.